The molecule has 0 radical (unpaired) electrons. The first kappa shape index (κ1) is 16.4. The topological polar surface area (TPSA) is 52.6 Å². The lowest BCUT2D eigenvalue weighted by Crippen LogP contribution is -2.08. The predicted molar refractivity (Wildman–Crippen MR) is 82.3 cm³/mol. The number of para-hydroxylation sites is 1. The summed E-state index contributed by atoms with van der Waals surface area (Å²) in [5.74, 6) is -2.36. The Hall–Kier alpha value is -2.95. The molecule has 2 aromatic carbocycles. The zero-order chi connectivity index (χ0) is 16.5. The average Bonchev–Trinajstić information content (AvgIpc) is 2.56. The Bertz CT molecular complexity index is 695. The first-order valence-corrected chi connectivity index (χ1v) is 7.00. The van der Waals surface area contributed by atoms with Crippen molar-refractivity contribution in [3.63, 3.8) is 0 Å². The predicted octanol–water partition coefficient (Wildman–Crippen LogP) is 3.07. The second-order valence-corrected chi connectivity index (χ2v) is 4.59. The van der Waals surface area contributed by atoms with Crippen LogP contribution in [0.4, 0.5) is 4.39 Å². The summed E-state index contributed by atoms with van der Waals surface area (Å²) in [7, 11) is 0. The highest BCUT2D eigenvalue weighted by molar-refractivity contribution is 5.92. The Morgan fingerprint density at radius 2 is 1.57 bits per heavy atom. The molecule has 23 heavy (non-hydrogen) atoms. The fourth-order valence-electron chi connectivity index (χ4n) is 1.77. The third-order valence-corrected chi connectivity index (χ3v) is 2.88. The monoisotopic (exact) mass is 314 g/mol. The summed E-state index contributed by atoms with van der Waals surface area (Å²) in [4.78, 5) is 22.9. The number of esters is 2. The van der Waals surface area contributed by atoms with E-state index in [9.17, 15) is 14.0 Å². The van der Waals surface area contributed by atoms with Gasteiger partial charge in [0.2, 0.25) is 0 Å². The van der Waals surface area contributed by atoms with Crippen molar-refractivity contribution in [2.24, 2.45) is 0 Å². The molecule has 0 aliphatic heterocycles. The number of ether oxygens (including phenoxy) is 2. The number of hydrogen-bond acceptors (Lipinski definition) is 4. The molecule has 0 bridgehead atoms. The van der Waals surface area contributed by atoms with Crippen molar-refractivity contribution < 1.29 is 23.5 Å². The lowest BCUT2D eigenvalue weighted by molar-refractivity contribution is -0.138. The quantitative estimate of drug-likeness (QED) is 0.467. The lowest BCUT2D eigenvalue weighted by atomic mass is 10.2. The van der Waals surface area contributed by atoms with Crippen molar-refractivity contribution in [2.75, 3.05) is 6.61 Å². The van der Waals surface area contributed by atoms with E-state index in [1.165, 1.54) is 24.3 Å². The molecule has 0 spiro atoms. The molecule has 2 aromatic rings. The Balaban J connectivity index is 1.75. The smallest absolute Gasteiger partial charge is 0.336 e. The van der Waals surface area contributed by atoms with E-state index in [1.54, 1.807) is 0 Å². The maximum absolute atomic E-state index is 13.3. The van der Waals surface area contributed by atoms with Crippen molar-refractivity contribution in [3.8, 4) is 5.75 Å². The van der Waals surface area contributed by atoms with Crippen LogP contribution in [-0.2, 0) is 20.7 Å². The molecule has 0 N–H and O–H groups in total. The zero-order valence-electron chi connectivity index (χ0n) is 12.3. The molecule has 0 aromatic heterocycles. The van der Waals surface area contributed by atoms with Crippen LogP contribution in [0.25, 0.3) is 0 Å². The van der Waals surface area contributed by atoms with Crippen molar-refractivity contribution in [1.29, 1.82) is 0 Å². The summed E-state index contributed by atoms with van der Waals surface area (Å²) in [5, 5.41) is 0. The molecule has 0 saturated carbocycles. The molecule has 4 nitrogen and oxygen atoms in total. The molecule has 0 fully saturated rings. The van der Waals surface area contributed by atoms with Gasteiger partial charge in [0, 0.05) is 18.6 Å². The first-order chi connectivity index (χ1) is 11.1. The van der Waals surface area contributed by atoms with Gasteiger partial charge in [-0.05, 0) is 17.7 Å². The van der Waals surface area contributed by atoms with Crippen LogP contribution >= 0.6 is 0 Å². The summed E-state index contributed by atoms with van der Waals surface area (Å²) in [6, 6.07) is 15.1. The first-order valence-electron chi connectivity index (χ1n) is 7.00. The Kier molecular flexibility index (Phi) is 6.06. The summed E-state index contributed by atoms with van der Waals surface area (Å²) >= 11 is 0. The fourth-order valence-corrected chi connectivity index (χ4v) is 1.77. The second kappa shape index (κ2) is 8.48. The van der Waals surface area contributed by atoms with Gasteiger partial charge in [-0.25, -0.2) is 14.0 Å². The molecule has 0 unspecified atom stereocenters. The third-order valence-electron chi connectivity index (χ3n) is 2.88. The van der Waals surface area contributed by atoms with Crippen molar-refractivity contribution in [2.45, 2.75) is 6.42 Å². The number of rotatable bonds is 6. The third kappa shape index (κ3) is 5.74. The van der Waals surface area contributed by atoms with Gasteiger partial charge in [0.05, 0.1) is 6.61 Å². The summed E-state index contributed by atoms with van der Waals surface area (Å²) in [6.07, 6.45) is 2.44. The van der Waals surface area contributed by atoms with Gasteiger partial charge < -0.3 is 9.47 Å². The van der Waals surface area contributed by atoms with E-state index in [0.717, 1.165) is 17.7 Å². The molecule has 0 heterocycles. The van der Waals surface area contributed by atoms with E-state index >= 15 is 0 Å². The Morgan fingerprint density at radius 3 is 2.30 bits per heavy atom. The van der Waals surface area contributed by atoms with Gasteiger partial charge in [0.1, 0.15) is 0 Å². The van der Waals surface area contributed by atoms with E-state index in [4.69, 9.17) is 9.47 Å². The van der Waals surface area contributed by atoms with E-state index in [-0.39, 0.29) is 12.4 Å². The van der Waals surface area contributed by atoms with E-state index in [0.29, 0.717) is 6.42 Å². The van der Waals surface area contributed by atoms with Crippen LogP contribution in [0.3, 0.4) is 0 Å². The van der Waals surface area contributed by atoms with Gasteiger partial charge in [-0.1, -0.05) is 42.5 Å². The van der Waals surface area contributed by atoms with Gasteiger partial charge in [-0.3, -0.25) is 0 Å². The molecule has 0 amide bonds. The second-order valence-electron chi connectivity index (χ2n) is 4.59. The van der Waals surface area contributed by atoms with Crippen LogP contribution in [0.5, 0.6) is 5.75 Å². The minimum Gasteiger partial charge on any atom is -0.462 e. The van der Waals surface area contributed by atoms with Crippen LogP contribution in [0, 0.1) is 5.82 Å². The van der Waals surface area contributed by atoms with Crippen molar-refractivity contribution >= 4 is 11.9 Å². The molecular weight excluding hydrogens is 299 g/mol. The summed E-state index contributed by atoms with van der Waals surface area (Å²) < 4.78 is 23.0. The Labute approximate surface area is 133 Å². The highest BCUT2D eigenvalue weighted by atomic mass is 19.1. The molecule has 5 heteroatoms. The van der Waals surface area contributed by atoms with Gasteiger partial charge >= 0.3 is 11.9 Å². The SMILES string of the molecule is O=C(/C=C/C(=O)Oc1ccccc1F)OCCc1ccccc1. The highest BCUT2D eigenvalue weighted by Crippen LogP contribution is 2.15. The number of benzene rings is 2. The standard InChI is InChI=1S/C18H15FO4/c19-15-8-4-5-9-16(15)23-18(21)11-10-17(20)22-13-12-14-6-2-1-3-7-14/h1-11H,12-13H2/b11-10+. The summed E-state index contributed by atoms with van der Waals surface area (Å²) in [6.45, 7) is 0.204. The molecule has 2 rings (SSSR count). The number of carbonyl (C=O) groups excluding carboxylic acids is 2. The zero-order valence-corrected chi connectivity index (χ0v) is 12.3. The summed E-state index contributed by atoms with van der Waals surface area (Å²) in [5.41, 5.74) is 1.04. The van der Waals surface area contributed by atoms with Crippen LogP contribution in [0.2, 0.25) is 0 Å². The minimum atomic E-state index is -0.852. The highest BCUT2D eigenvalue weighted by Gasteiger charge is 2.06. The van der Waals surface area contributed by atoms with Crippen LogP contribution in [0.1, 0.15) is 5.56 Å². The average molecular weight is 314 g/mol. The van der Waals surface area contributed by atoms with Gasteiger partial charge in [0.15, 0.2) is 11.6 Å². The molecular formula is C18H15FO4. The maximum atomic E-state index is 13.3. The van der Waals surface area contributed by atoms with Gasteiger partial charge in [-0.15, -0.1) is 0 Å². The fraction of sp³-hybridized carbons (Fsp3) is 0.111. The largest absolute Gasteiger partial charge is 0.462 e. The van der Waals surface area contributed by atoms with Gasteiger partial charge in [-0.2, -0.15) is 0 Å². The molecule has 0 aliphatic rings. The number of carbonyl (C=O) groups is 2. The van der Waals surface area contributed by atoms with Crippen LogP contribution in [0.15, 0.2) is 66.7 Å². The van der Waals surface area contributed by atoms with E-state index < -0.39 is 17.8 Å². The van der Waals surface area contributed by atoms with Crippen molar-refractivity contribution in [3.05, 3.63) is 78.1 Å². The van der Waals surface area contributed by atoms with Gasteiger partial charge in [0.25, 0.3) is 0 Å². The maximum Gasteiger partial charge on any atom is 0.336 e. The molecule has 0 atom stereocenters. The molecule has 0 saturated heterocycles. The number of hydrogen-bond donors (Lipinski definition) is 0. The van der Waals surface area contributed by atoms with E-state index in [2.05, 4.69) is 0 Å². The minimum absolute atomic E-state index is 0.195. The lowest BCUT2D eigenvalue weighted by Gasteiger charge is -2.03. The van der Waals surface area contributed by atoms with Crippen LogP contribution in [-0.4, -0.2) is 18.5 Å². The molecule has 118 valence electrons. The van der Waals surface area contributed by atoms with E-state index in [1.807, 2.05) is 30.3 Å². The van der Waals surface area contributed by atoms with Crippen LogP contribution < -0.4 is 4.74 Å². The van der Waals surface area contributed by atoms with Crippen molar-refractivity contribution in [1.82, 2.24) is 0 Å². The Morgan fingerprint density at radius 1 is 0.913 bits per heavy atom. The normalized spacial score (nSPS) is 10.5. The number of halogens is 1. The molecule has 0 aliphatic carbocycles.